The molecule has 0 aliphatic heterocycles. The summed E-state index contributed by atoms with van der Waals surface area (Å²) in [5.74, 6) is 1.84. The average molecular weight is 85.1 g/mol. The van der Waals surface area contributed by atoms with Crippen LogP contribution in [-0.2, 0) is 0 Å². The number of amides is 1. The summed E-state index contributed by atoms with van der Waals surface area (Å²) in [5.41, 5.74) is 0. The highest BCUT2D eigenvalue weighted by molar-refractivity contribution is 5.74. The van der Waals surface area contributed by atoms with E-state index in [0.29, 0.717) is 0 Å². The van der Waals surface area contributed by atoms with Gasteiger partial charge in [0.2, 0.25) is 0 Å². The Hall–Kier alpha value is -1.08. The molecule has 0 heterocycles. The predicted octanol–water partition coefficient (Wildman–Crippen LogP) is 0.520. The van der Waals surface area contributed by atoms with Gasteiger partial charge >= 0.3 is 6.09 Å². The van der Waals surface area contributed by atoms with Crippen LogP contribution in [0.2, 0.25) is 0 Å². The Morgan fingerprint density at radius 2 is 2.50 bits per heavy atom. The Bertz CT molecular complexity index is 101. The molecule has 0 aromatic rings. The fraction of sp³-hybridized carbons (Fsp3) is 0. The molecule has 6 heavy (non-hydrogen) atoms. The van der Waals surface area contributed by atoms with Crippen LogP contribution < -0.4 is 0 Å². The van der Waals surface area contributed by atoms with Gasteiger partial charge in [-0.05, 0) is 12.4 Å². The van der Waals surface area contributed by atoms with Gasteiger partial charge in [0.15, 0.2) is 0 Å². The number of carboxylic acid groups (broad SMARTS) is 1. The third kappa shape index (κ3) is 2.92. The minimum absolute atomic E-state index is 1.26. The van der Waals surface area contributed by atoms with E-state index < -0.39 is 6.09 Å². The zero-order chi connectivity index (χ0) is 4.99. The van der Waals surface area contributed by atoms with E-state index >= 15 is 0 Å². The smallest absolute Gasteiger partial charge is 0.439 e. The molecule has 0 bridgehead atoms. The van der Waals surface area contributed by atoms with Crippen LogP contribution >= 0.6 is 0 Å². The van der Waals surface area contributed by atoms with Crippen LogP contribution in [0.1, 0.15) is 0 Å². The topological polar surface area (TPSA) is 49.7 Å². The first-order valence-corrected chi connectivity index (χ1v) is 1.23. The van der Waals surface area contributed by atoms with Gasteiger partial charge in [-0.25, -0.2) is 4.79 Å². The molecule has 0 aromatic carbocycles. The SMILES string of the molecule is C=C=NC(=O)O. The van der Waals surface area contributed by atoms with E-state index in [1.807, 2.05) is 5.87 Å². The molecule has 0 saturated heterocycles. The van der Waals surface area contributed by atoms with Gasteiger partial charge in [-0.15, -0.1) is 4.99 Å². The molecule has 0 aliphatic carbocycles. The van der Waals surface area contributed by atoms with Crippen molar-refractivity contribution in [3.05, 3.63) is 6.58 Å². The van der Waals surface area contributed by atoms with E-state index in [1.54, 1.807) is 0 Å². The Kier molecular flexibility index (Phi) is 1.78. The molecule has 1 amide bonds. The lowest BCUT2D eigenvalue weighted by Gasteiger charge is -1.64. The summed E-state index contributed by atoms with van der Waals surface area (Å²) in [7, 11) is 0. The highest BCUT2D eigenvalue weighted by atomic mass is 16.4. The summed E-state index contributed by atoms with van der Waals surface area (Å²) in [6, 6.07) is 0. The third-order valence-electron chi connectivity index (χ3n) is 0.175. The standard InChI is InChI=1S/C3H3NO2/c1-2-4-3(5)6/h1H2,(H,5,6). The second kappa shape index (κ2) is 2.18. The first-order chi connectivity index (χ1) is 2.77. The largest absolute Gasteiger partial charge is 0.463 e. The maximum absolute atomic E-state index is 9.33. The normalized spacial score (nSPS) is 6.00. The zero-order valence-corrected chi connectivity index (χ0v) is 3.01. The Labute approximate surface area is 34.6 Å². The van der Waals surface area contributed by atoms with Gasteiger partial charge in [-0.2, -0.15) is 0 Å². The fourth-order valence-electron chi connectivity index (χ4n) is 0.0676. The van der Waals surface area contributed by atoms with Crippen molar-refractivity contribution in [3.8, 4) is 0 Å². The number of rotatable bonds is 0. The average Bonchev–Trinajstić information content (AvgIpc) is 1.35. The molecule has 0 aliphatic rings. The van der Waals surface area contributed by atoms with Crippen molar-refractivity contribution in [1.82, 2.24) is 0 Å². The van der Waals surface area contributed by atoms with Gasteiger partial charge in [0.1, 0.15) is 0 Å². The van der Waals surface area contributed by atoms with Crippen LogP contribution in [0.5, 0.6) is 0 Å². The van der Waals surface area contributed by atoms with Gasteiger partial charge in [-0.1, -0.05) is 0 Å². The van der Waals surface area contributed by atoms with E-state index in [2.05, 4.69) is 11.6 Å². The highest BCUT2D eigenvalue weighted by Gasteiger charge is 1.77. The van der Waals surface area contributed by atoms with Gasteiger partial charge in [0, 0.05) is 0 Å². The molecule has 0 fully saturated rings. The second-order valence-corrected chi connectivity index (χ2v) is 0.552. The minimum Gasteiger partial charge on any atom is -0.463 e. The molecule has 3 nitrogen and oxygen atoms in total. The van der Waals surface area contributed by atoms with Crippen LogP contribution in [-0.4, -0.2) is 17.1 Å². The molecule has 0 spiro atoms. The van der Waals surface area contributed by atoms with E-state index in [9.17, 15) is 4.79 Å². The third-order valence-corrected chi connectivity index (χ3v) is 0.175. The number of carbonyl (C=O) groups is 1. The first kappa shape index (κ1) is 4.92. The van der Waals surface area contributed by atoms with Crippen LogP contribution in [0.3, 0.4) is 0 Å². The number of nitrogens with zero attached hydrogens (tertiary/aromatic N) is 1. The van der Waals surface area contributed by atoms with Crippen molar-refractivity contribution in [2.24, 2.45) is 4.99 Å². The van der Waals surface area contributed by atoms with Gasteiger partial charge < -0.3 is 5.11 Å². The van der Waals surface area contributed by atoms with Crippen molar-refractivity contribution in [2.75, 3.05) is 0 Å². The maximum atomic E-state index is 9.33. The summed E-state index contributed by atoms with van der Waals surface area (Å²) in [6.07, 6.45) is -1.26. The molecule has 1 N–H and O–H groups in total. The van der Waals surface area contributed by atoms with Crippen LogP contribution in [0.4, 0.5) is 4.79 Å². The van der Waals surface area contributed by atoms with Crippen LogP contribution in [0, 0.1) is 0 Å². The van der Waals surface area contributed by atoms with Crippen molar-refractivity contribution in [3.63, 3.8) is 0 Å². The molecule has 0 aromatic heterocycles. The van der Waals surface area contributed by atoms with Crippen LogP contribution in [0.15, 0.2) is 11.6 Å². The Morgan fingerprint density at radius 1 is 2.00 bits per heavy atom. The fourth-order valence-corrected chi connectivity index (χ4v) is 0.0676. The first-order valence-electron chi connectivity index (χ1n) is 1.23. The van der Waals surface area contributed by atoms with Gasteiger partial charge in [0.05, 0.1) is 0 Å². The van der Waals surface area contributed by atoms with Crippen molar-refractivity contribution >= 4 is 12.0 Å². The Balaban J connectivity index is 3.60. The molecule has 0 rings (SSSR count). The monoisotopic (exact) mass is 85.0 g/mol. The van der Waals surface area contributed by atoms with Crippen molar-refractivity contribution < 1.29 is 9.90 Å². The number of hydrogen-bond acceptors (Lipinski definition) is 1. The van der Waals surface area contributed by atoms with E-state index in [1.165, 1.54) is 0 Å². The maximum Gasteiger partial charge on any atom is 0.439 e. The minimum atomic E-state index is -1.26. The summed E-state index contributed by atoms with van der Waals surface area (Å²) < 4.78 is 0. The summed E-state index contributed by atoms with van der Waals surface area (Å²) >= 11 is 0. The lowest BCUT2D eigenvalue weighted by molar-refractivity contribution is 0.206. The highest BCUT2D eigenvalue weighted by Crippen LogP contribution is 1.61. The van der Waals surface area contributed by atoms with E-state index in [4.69, 9.17) is 5.11 Å². The zero-order valence-electron chi connectivity index (χ0n) is 3.01. The lowest BCUT2D eigenvalue weighted by Crippen LogP contribution is -1.79. The van der Waals surface area contributed by atoms with E-state index in [-0.39, 0.29) is 0 Å². The number of hydrogen-bond donors (Lipinski definition) is 1. The second-order valence-electron chi connectivity index (χ2n) is 0.552. The molecule has 32 valence electrons. The molecule has 0 atom stereocenters. The molecule has 0 radical (unpaired) electrons. The molecule has 0 unspecified atom stereocenters. The molecule has 3 heteroatoms. The van der Waals surface area contributed by atoms with Gasteiger partial charge in [0.25, 0.3) is 0 Å². The van der Waals surface area contributed by atoms with Crippen molar-refractivity contribution in [2.45, 2.75) is 0 Å². The van der Waals surface area contributed by atoms with E-state index in [0.717, 1.165) is 0 Å². The Morgan fingerprint density at radius 3 is 2.50 bits per heavy atom. The van der Waals surface area contributed by atoms with Crippen molar-refractivity contribution in [1.29, 1.82) is 0 Å². The molecular formula is C3H3NO2. The predicted molar refractivity (Wildman–Crippen MR) is 21.1 cm³/mol. The van der Waals surface area contributed by atoms with Crippen LogP contribution in [0.25, 0.3) is 0 Å². The van der Waals surface area contributed by atoms with Gasteiger partial charge in [-0.3, -0.25) is 0 Å². The summed E-state index contributed by atoms with van der Waals surface area (Å²) in [6.45, 7) is 2.93. The number of aliphatic imine (C=N–C) groups is 1. The quantitative estimate of drug-likeness (QED) is 0.436. The summed E-state index contributed by atoms with van der Waals surface area (Å²) in [5, 5.41) is 7.64. The summed E-state index contributed by atoms with van der Waals surface area (Å²) in [4.78, 5) is 12.0. The molecular weight excluding hydrogens is 82.0 g/mol. The lowest BCUT2D eigenvalue weighted by atomic mass is 11.1. The molecule has 0 saturated carbocycles.